The van der Waals surface area contributed by atoms with Crippen molar-refractivity contribution in [3.63, 3.8) is 0 Å². The molecule has 0 amide bonds. The first-order chi connectivity index (χ1) is 8.54. The van der Waals surface area contributed by atoms with Crippen molar-refractivity contribution in [2.75, 3.05) is 20.3 Å². The van der Waals surface area contributed by atoms with Crippen LogP contribution in [0.4, 0.5) is 5.69 Å². The molecule has 0 unspecified atom stereocenters. The molecule has 0 radical (unpaired) electrons. The third kappa shape index (κ3) is 2.80. The van der Waals surface area contributed by atoms with Gasteiger partial charge in [0.05, 0.1) is 25.2 Å². The lowest BCUT2D eigenvalue weighted by Gasteiger charge is -2.10. The molecule has 0 aliphatic heterocycles. The lowest BCUT2D eigenvalue weighted by molar-refractivity contribution is -0.385. The molecule has 0 bridgehead atoms. The molecule has 0 heterocycles. The van der Waals surface area contributed by atoms with E-state index >= 15 is 0 Å². The van der Waals surface area contributed by atoms with Gasteiger partial charge in [0.25, 0.3) is 5.69 Å². The van der Waals surface area contributed by atoms with Crippen LogP contribution in [0, 0.1) is 10.1 Å². The zero-order valence-corrected chi connectivity index (χ0v) is 10.4. The summed E-state index contributed by atoms with van der Waals surface area (Å²) in [6, 6.07) is 2.05. The average Bonchev–Trinajstić information content (AvgIpc) is 2.37. The minimum atomic E-state index is -0.844. The van der Waals surface area contributed by atoms with E-state index in [1.165, 1.54) is 7.11 Å². The highest BCUT2D eigenvalue weighted by molar-refractivity contribution is 6.17. The number of rotatable bonds is 5. The molecule has 1 aromatic rings. The molecule has 0 N–H and O–H groups in total. The minimum absolute atomic E-state index is 0.106. The number of carbonyl (C=O) groups excluding carboxylic acids is 1. The molecule has 0 aliphatic rings. The second kappa shape index (κ2) is 6.06. The van der Waals surface area contributed by atoms with E-state index in [0.29, 0.717) is 0 Å². The molecule has 0 fully saturated rings. The van der Waals surface area contributed by atoms with Crippen molar-refractivity contribution in [1.82, 2.24) is 0 Å². The zero-order valence-electron chi connectivity index (χ0n) is 9.64. The fourth-order valence-corrected chi connectivity index (χ4v) is 1.42. The van der Waals surface area contributed by atoms with Crippen molar-refractivity contribution < 1.29 is 23.9 Å². The third-order valence-corrected chi connectivity index (χ3v) is 2.20. The summed E-state index contributed by atoms with van der Waals surface area (Å²) in [5.74, 6) is -0.614. The van der Waals surface area contributed by atoms with Crippen LogP contribution in [0.3, 0.4) is 0 Å². The smallest absolute Gasteiger partial charge is 0.345 e. The Kier molecular flexibility index (Phi) is 4.73. The van der Waals surface area contributed by atoms with Gasteiger partial charge in [0.1, 0.15) is 5.56 Å². The van der Waals surface area contributed by atoms with Crippen LogP contribution in [0.25, 0.3) is 0 Å². The van der Waals surface area contributed by atoms with Gasteiger partial charge < -0.3 is 14.2 Å². The number of methoxy groups -OCH3 is 2. The van der Waals surface area contributed by atoms with Crippen LogP contribution < -0.4 is 9.47 Å². The van der Waals surface area contributed by atoms with Crippen molar-refractivity contribution in [3.8, 4) is 11.5 Å². The number of hydrogen-bond donors (Lipinski definition) is 0. The number of nitro benzene ring substituents is 1. The predicted molar refractivity (Wildman–Crippen MR) is 62.3 cm³/mol. The standard InChI is InChI=1S/C10H10ClNO6/c1-16-8-4-7(12(14)15)6(10(13)17-2)3-9(8)18-5-11/h3-4H,5H2,1-2H3. The molecule has 0 spiro atoms. The quantitative estimate of drug-likeness (QED) is 0.353. The molecule has 98 valence electrons. The Morgan fingerprint density at radius 2 is 2.06 bits per heavy atom. The number of nitrogens with zero attached hydrogens (tertiary/aromatic N) is 1. The first-order valence-corrected chi connectivity index (χ1v) is 5.22. The summed E-state index contributed by atoms with van der Waals surface area (Å²) >= 11 is 5.41. The van der Waals surface area contributed by atoms with E-state index in [2.05, 4.69) is 4.74 Å². The summed E-state index contributed by atoms with van der Waals surface area (Å²) in [5.41, 5.74) is -0.663. The number of hydrogen-bond acceptors (Lipinski definition) is 6. The molecule has 7 nitrogen and oxygen atoms in total. The van der Waals surface area contributed by atoms with Crippen LogP contribution in [0.1, 0.15) is 10.4 Å². The maximum atomic E-state index is 11.4. The Bertz CT molecular complexity index is 476. The molecular formula is C10H10ClNO6. The summed E-state index contributed by atoms with van der Waals surface area (Å²) in [4.78, 5) is 21.6. The maximum Gasteiger partial charge on any atom is 0.345 e. The molecule has 1 aromatic carbocycles. The monoisotopic (exact) mass is 275 g/mol. The van der Waals surface area contributed by atoms with E-state index in [4.69, 9.17) is 21.1 Å². The van der Waals surface area contributed by atoms with Gasteiger partial charge in [-0.1, -0.05) is 11.6 Å². The highest BCUT2D eigenvalue weighted by Crippen LogP contribution is 2.35. The van der Waals surface area contributed by atoms with E-state index in [1.807, 2.05) is 0 Å². The number of ether oxygens (including phenoxy) is 3. The van der Waals surface area contributed by atoms with Crippen LogP contribution in [0.5, 0.6) is 11.5 Å². The van der Waals surface area contributed by atoms with Crippen molar-refractivity contribution in [1.29, 1.82) is 0 Å². The highest BCUT2D eigenvalue weighted by Gasteiger charge is 2.25. The number of nitro groups is 1. The van der Waals surface area contributed by atoms with Crippen molar-refractivity contribution in [3.05, 3.63) is 27.8 Å². The van der Waals surface area contributed by atoms with E-state index in [-0.39, 0.29) is 23.1 Å². The van der Waals surface area contributed by atoms with Crippen LogP contribution in [0.15, 0.2) is 12.1 Å². The van der Waals surface area contributed by atoms with E-state index in [0.717, 1.165) is 19.2 Å². The Hall–Kier alpha value is -2.02. The summed E-state index contributed by atoms with van der Waals surface area (Å²) in [6.45, 7) is 0. The molecule has 0 saturated carbocycles. The van der Waals surface area contributed by atoms with Gasteiger partial charge in [-0.25, -0.2) is 4.79 Å². The molecule has 1 rings (SSSR count). The third-order valence-electron chi connectivity index (χ3n) is 2.09. The molecular weight excluding hydrogens is 266 g/mol. The lowest BCUT2D eigenvalue weighted by atomic mass is 10.1. The largest absolute Gasteiger partial charge is 0.493 e. The van der Waals surface area contributed by atoms with Gasteiger partial charge in [0, 0.05) is 6.07 Å². The van der Waals surface area contributed by atoms with Gasteiger partial charge in [-0.2, -0.15) is 0 Å². The lowest BCUT2D eigenvalue weighted by Crippen LogP contribution is -2.07. The number of halogens is 1. The van der Waals surface area contributed by atoms with E-state index in [1.54, 1.807) is 0 Å². The van der Waals surface area contributed by atoms with Crippen LogP contribution in [-0.2, 0) is 4.74 Å². The topological polar surface area (TPSA) is 87.9 Å². The Labute approximate surface area is 107 Å². The zero-order chi connectivity index (χ0) is 13.7. The number of alkyl halides is 1. The minimum Gasteiger partial charge on any atom is -0.493 e. The van der Waals surface area contributed by atoms with Crippen molar-refractivity contribution >= 4 is 23.3 Å². The van der Waals surface area contributed by atoms with Gasteiger partial charge >= 0.3 is 5.97 Å². The van der Waals surface area contributed by atoms with Gasteiger partial charge in [0.2, 0.25) is 0 Å². The first-order valence-electron chi connectivity index (χ1n) is 4.68. The van der Waals surface area contributed by atoms with Gasteiger partial charge in [-0.05, 0) is 0 Å². The average molecular weight is 276 g/mol. The maximum absolute atomic E-state index is 11.4. The van der Waals surface area contributed by atoms with E-state index in [9.17, 15) is 14.9 Å². The SMILES string of the molecule is COC(=O)c1cc(OCCl)c(OC)cc1[N+](=O)[O-]. The molecule has 0 saturated heterocycles. The second-order valence-electron chi connectivity index (χ2n) is 3.02. The van der Waals surface area contributed by atoms with E-state index < -0.39 is 16.6 Å². The molecule has 0 aliphatic carbocycles. The van der Waals surface area contributed by atoms with Gasteiger partial charge in [0.15, 0.2) is 17.6 Å². The molecule has 0 atom stereocenters. The first kappa shape index (κ1) is 14.0. The normalized spacial score (nSPS) is 9.72. The van der Waals surface area contributed by atoms with Gasteiger partial charge in [-0.3, -0.25) is 10.1 Å². The summed E-state index contributed by atoms with van der Waals surface area (Å²) in [5, 5.41) is 10.9. The fourth-order valence-electron chi connectivity index (χ4n) is 1.30. The van der Waals surface area contributed by atoms with Crippen LogP contribution in [0.2, 0.25) is 0 Å². The number of carbonyl (C=O) groups is 1. The van der Waals surface area contributed by atoms with Gasteiger partial charge in [-0.15, -0.1) is 0 Å². The number of esters is 1. The Balaban J connectivity index is 3.41. The summed E-state index contributed by atoms with van der Waals surface area (Å²) in [6.07, 6.45) is 0. The Morgan fingerprint density at radius 1 is 1.39 bits per heavy atom. The fraction of sp³-hybridized carbons (Fsp3) is 0.300. The molecule has 0 aromatic heterocycles. The van der Waals surface area contributed by atoms with Crippen LogP contribution >= 0.6 is 11.6 Å². The van der Waals surface area contributed by atoms with Crippen LogP contribution in [-0.4, -0.2) is 31.2 Å². The Morgan fingerprint density at radius 3 is 2.50 bits per heavy atom. The van der Waals surface area contributed by atoms with Crippen molar-refractivity contribution in [2.24, 2.45) is 0 Å². The second-order valence-corrected chi connectivity index (χ2v) is 3.24. The van der Waals surface area contributed by atoms with Crippen molar-refractivity contribution in [2.45, 2.75) is 0 Å². The molecule has 8 heteroatoms. The highest BCUT2D eigenvalue weighted by atomic mass is 35.5. The predicted octanol–water partition coefficient (Wildman–Crippen LogP) is 1.97. The summed E-state index contributed by atoms with van der Waals surface area (Å²) in [7, 11) is 2.44. The molecule has 18 heavy (non-hydrogen) atoms. The number of benzene rings is 1. The summed E-state index contributed by atoms with van der Waals surface area (Å²) < 4.78 is 14.4.